The van der Waals surface area contributed by atoms with Crippen molar-refractivity contribution in [2.45, 2.75) is 25.7 Å². The van der Waals surface area contributed by atoms with E-state index in [4.69, 9.17) is 4.74 Å². The number of hydrogen-bond donors (Lipinski definition) is 1. The van der Waals surface area contributed by atoms with Crippen LogP contribution in [0.4, 0.5) is 5.69 Å². The summed E-state index contributed by atoms with van der Waals surface area (Å²) in [5.74, 6) is 1.15. The molecule has 2 heterocycles. The molecule has 164 valence electrons. The van der Waals surface area contributed by atoms with Crippen LogP contribution in [0, 0.1) is 6.92 Å². The van der Waals surface area contributed by atoms with Gasteiger partial charge in [-0.3, -0.25) is 9.59 Å². The standard InChI is InChI=1S/C25H26N4O3/c1-18-26-16-22(25(31)28-20-8-4-2-5-9-20)24(27-18)19-12-14-29(15-13-19)23(30)17-32-21-10-6-3-7-11-21/h2-11,16,19H,12-15,17H2,1H3,(H,28,31). The van der Waals surface area contributed by atoms with Crippen molar-refractivity contribution in [3.05, 3.63) is 83.9 Å². The van der Waals surface area contributed by atoms with Crippen LogP contribution in [0.2, 0.25) is 0 Å². The van der Waals surface area contributed by atoms with E-state index in [1.165, 1.54) is 0 Å². The van der Waals surface area contributed by atoms with E-state index in [9.17, 15) is 9.59 Å². The van der Waals surface area contributed by atoms with Gasteiger partial charge in [0, 0.05) is 30.9 Å². The number of para-hydroxylation sites is 2. The van der Waals surface area contributed by atoms with E-state index in [-0.39, 0.29) is 24.3 Å². The molecular weight excluding hydrogens is 404 g/mol. The minimum absolute atomic E-state index is 0.0199. The molecule has 1 aliphatic rings. The fraction of sp³-hybridized carbons (Fsp3) is 0.280. The van der Waals surface area contributed by atoms with Gasteiger partial charge >= 0.3 is 0 Å². The molecule has 0 spiro atoms. The third-order valence-electron chi connectivity index (χ3n) is 5.55. The number of benzene rings is 2. The summed E-state index contributed by atoms with van der Waals surface area (Å²) in [6.45, 7) is 3.04. The first-order valence-corrected chi connectivity index (χ1v) is 10.8. The summed E-state index contributed by atoms with van der Waals surface area (Å²) in [6.07, 6.45) is 3.07. The number of carbonyl (C=O) groups excluding carboxylic acids is 2. The molecule has 7 heteroatoms. The molecule has 0 saturated carbocycles. The normalized spacial score (nSPS) is 14.1. The Bertz CT molecular complexity index is 1070. The van der Waals surface area contributed by atoms with Crippen LogP contribution in [-0.2, 0) is 4.79 Å². The molecule has 2 aromatic carbocycles. The SMILES string of the molecule is Cc1ncc(C(=O)Nc2ccccc2)c(C2CCN(C(=O)COc3ccccc3)CC2)n1. The number of ether oxygens (including phenoxy) is 1. The largest absolute Gasteiger partial charge is 0.484 e. The van der Waals surface area contributed by atoms with Crippen molar-refractivity contribution in [1.82, 2.24) is 14.9 Å². The zero-order valence-corrected chi connectivity index (χ0v) is 18.0. The Balaban J connectivity index is 1.39. The third-order valence-corrected chi connectivity index (χ3v) is 5.55. The average molecular weight is 431 g/mol. The van der Waals surface area contributed by atoms with Crippen LogP contribution in [0.5, 0.6) is 5.75 Å². The van der Waals surface area contributed by atoms with Crippen LogP contribution in [0.15, 0.2) is 66.9 Å². The number of amides is 2. The molecule has 1 saturated heterocycles. The van der Waals surface area contributed by atoms with Gasteiger partial charge in [-0.15, -0.1) is 0 Å². The van der Waals surface area contributed by atoms with Crippen molar-refractivity contribution in [2.75, 3.05) is 25.0 Å². The van der Waals surface area contributed by atoms with E-state index in [1.807, 2.05) is 72.5 Å². The number of aromatic nitrogens is 2. The molecule has 32 heavy (non-hydrogen) atoms. The lowest BCUT2D eigenvalue weighted by Crippen LogP contribution is -2.41. The molecule has 7 nitrogen and oxygen atoms in total. The maximum atomic E-state index is 12.9. The van der Waals surface area contributed by atoms with Crippen LogP contribution in [-0.4, -0.2) is 46.4 Å². The van der Waals surface area contributed by atoms with Crippen LogP contribution in [0.3, 0.4) is 0 Å². The molecule has 0 atom stereocenters. The minimum atomic E-state index is -0.221. The number of hydrogen-bond acceptors (Lipinski definition) is 5. The van der Waals surface area contributed by atoms with E-state index in [1.54, 1.807) is 6.20 Å². The van der Waals surface area contributed by atoms with Gasteiger partial charge in [0.25, 0.3) is 11.8 Å². The fourth-order valence-corrected chi connectivity index (χ4v) is 3.85. The summed E-state index contributed by atoms with van der Waals surface area (Å²) in [7, 11) is 0. The van der Waals surface area contributed by atoms with Gasteiger partial charge in [-0.2, -0.15) is 0 Å². The summed E-state index contributed by atoms with van der Waals surface area (Å²) >= 11 is 0. The molecule has 0 bridgehead atoms. The molecule has 3 aromatic rings. The van der Waals surface area contributed by atoms with Gasteiger partial charge in [-0.25, -0.2) is 9.97 Å². The van der Waals surface area contributed by atoms with Crippen molar-refractivity contribution in [3.8, 4) is 5.75 Å². The van der Waals surface area contributed by atoms with E-state index in [2.05, 4.69) is 15.3 Å². The first kappa shape index (κ1) is 21.5. The van der Waals surface area contributed by atoms with Crippen LogP contribution < -0.4 is 10.1 Å². The van der Waals surface area contributed by atoms with Gasteiger partial charge in [0.15, 0.2) is 6.61 Å². The van der Waals surface area contributed by atoms with E-state index in [0.29, 0.717) is 30.2 Å². The Morgan fingerprint density at radius 2 is 1.69 bits per heavy atom. The summed E-state index contributed by atoms with van der Waals surface area (Å²) in [6, 6.07) is 18.6. The van der Waals surface area contributed by atoms with Gasteiger partial charge in [0.05, 0.1) is 11.3 Å². The number of carbonyl (C=O) groups is 2. The summed E-state index contributed by atoms with van der Waals surface area (Å²) in [5.41, 5.74) is 1.96. The third kappa shape index (κ3) is 5.29. The average Bonchev–Trinajstić information content (AvgIpc) is 2.84. The molecule has 0 unspecified atom stereocenters. The first-order valence-electron chi connectivity index (χ1n) is 10.8. The lowest BCUT2D eigenvalue weighted by atomic mass is 9.90. The zero-order chi connectivity index (χ0) is 22.3. The Morgan fingerprint density at radius 1 is 1.03 bits per heavy atom. The highest BCUT2D eigenvalue weighted by atomic mass is 16.5. The fourth-order valence-electron chi connectivity index (χ4n) is 3.85. The van der Waals surface area contributed by atoms with E-state index < -0.39 is 0 Å². The number of likely N-dealkylation sites (tertiary alicyclic amines) is 1. The van der Waals surface area contributed by atoms with Gasteiger partial charge in [-0.1, -0.05) is 36.4 Å². The number of aryl methyl sites for hydroxylation is 1. The number of piperidine rings is 1. The molecule has 1 fully saturated rings. The van der Waals surface area contributed by atoms with Crippen molar-refractivity contribution in [2.24, 2.45) is 0 Å². The zero-order valence-electron chi connectivity index (χ0n) is 18.0. The Labute approximate surface area is 187 Å². The van der Waals surface area contributed by atoms with Gasteiger partial charge in [-0.05, 0) is 44.0 Å². The number of nitrogens with one attached hydrogen (secondary N) is 1. The molecule has 4 rings (SSSR count). The quantitative estimate of drug-likeness (QED) is 0.643. The smallest absolute Gasteiger partial charge is 0.260 e. The Morgan fingerprint density at radius 3 is 2.38 bits per heavy atom. The number of rotatable bonds is 6. The van der Waals surface area contributed by atoms with Gasteiger partial charge < -0.3 is 15.0 Å². The second-order valence-electron chi connectivity index (χ2n) is 7.79. The summed E-state index contributed by atoms with van der Waals surface area (Å²) < 4.78 is 5.59. The predicted octanol–water partition coefficient (Wildman–Crippen LogP) is 3.82. The number of nitrogens with zero attached hydrogens (tertiary/aromatic N) is 3. The summed E-state index contributed by atoms with van der Waals surface area (Å²) in [5, 5.41) is 2.92. The Kier molecular flexibility index (Phi) is 6.75. The highest BCUT2D eigenvalue weighted by Crippen LogP contribution is 2.29. The van der Waals surface area contributed by atoms with E-state index in [0.717, 1.165) is 24.2 Å². The maximum absolute atomic E-state index is 12.9. The van der Waals surface area contributed by atoms with Crippen LogP contribution >= 0.6 is 0 Å². The second-order valence-corrected chi connectivity index (χ2v) is 7.79. The number of anilines is 1. The van der Waals surface area contributed by atoms with Crippen molar-refractivity contribution < 1.29 is 14.3 Å². The molecule has 1 aromatic heterocycles. The first-order chi connectivity index (χ1) is 15.6. The topological polar surface area (TPSA) is 84.4 Å². The highest BCUT2D eigenvalue weighted by molar-refractivity contribution is 6.04. The monoisotopic (exact) mass is 430 g/mol. The molecular formula is C25H26N4O3. The predicted molar refractivity (Wildman–Crippen MR) is 122 cm³/mol. The molecule has 2 amide bonds. The van der Waals surface area contributed by atoms with Crippen LogP contribution in [0.25, 0.3) is 0 Å². The molecule has 1 aliphatic heterocycles. The highest BCUT2D eigenvalue weighted by Gasteiger charge is 2.28. The lowest BCUT2D eigenvalue weighted by Gasteiger charge is -2.32. The van der Waals surface area contributed by atoms with Gasteiger partial charge in [0.2, 0.25) is 0 Å². The minimum Gasteiger partial charge on any atom is -0.484 e. The Hall–Kier alpha value is -3.74. The summed E-state index contributed by atoms with van der Waals surface area (Å²) in [4.78, 5) is 36.1. The molecule has 0 radical (unpaired) electrons. The van der Waals surface area contributed by atoms with Crippen molar-refractivity contribution >= 4 is 17.5 Å². The lowest BCUT2D eigenvalue weighted by molar-refractivity contribution is -0.134. The van der Waals surface area contributed by atoms with Gasteiger partial charge in [0.1, 0.15) is 11.6 Å². The van der Waals surface area contributed by atoms with Crippen molar-refractivity contribution in [1.29, 1.82) is 0 Å². The van der Waals surface area contributed by atoms with Crippen molar-refractivity contribution in [3.63, 3.8) is 0 Å². The van der Waals surface area contributed by atoms with Crippen LogP contribution in [0.1, 0.15) is 40.6 Å². The molecule has 1 N–H and O–H groups in total. The van der Waals surface area contributed by atoms with E-state index >= 15 is 0 Å². The second kappa shape index (κ2) is 10.0. The molecule has 0 aliphatic carbocycles. The maximum Gasteiger partial charge on any atom is 0.260 e.